The van der Waals surface area contributed by atoms with Crippen LogP contribution in [0.15, 0.2) is 28.7 Å². The molecule has 8 heteroatoms. The van der Waals surface area contributed by atoms with Crippen LogP contribution in [0.25, 0.3) is 10.6 Å². The SMILES string of the molecule is CC(C)(C)C(=O)N1CCCC1C(=O)Nc1nnc(-c2ccc(Br)cc2)s1. The van der Waals surface area contributed by atoms with Crippen molar-refractivity contribution in [3.05, 3.63) is 28.7 Å². The fraction of sp³-hybridized carbons (Fsp3) is 0.444. The summed E-state index contributed by atoms with van der Waals surface area (Å²) in [6.45, 7) is 6.24. The van der Waals surface area contributed by atoms with Gasteiger partial charge in [-0.25, -0.2) is 0 Å². The fourth-order valence-corrected chi connectivity index (χ4v) is 3.90. The molecule has 138 valence electrons. The zero-order valence-electron chi connectivity index (χ0n) is 15.0. The molecule has 2 heterocycles. The minimum absolute atomic E-state index is 0.00275. The lowest BCUT2D eigenvalue weighted by atomic mass is 9.94. The second kappa shape index (κ2) is 7.44. The molecule has 1 unspecified atom stereocenters. The summed E-state index contributed by atoms with van der Waals surface area (Å²) < 4.78 is 0.990. The lowest BCUT2D eigenvalue weighted by Gasteiger charge is -2.29. The molecule has 1 aliphatic heterocycles. The Bertz CT molecular complexity index is 813. The van der Waals surface area contributed by atoms with E-state index in [4.69, 9.17) is 0 Å². The minimum Gasteiger partial charge on any atom is -0.330 e. The fourth-order valence-electron chi connectivity index (χ4n) is 2.88. The van der Waals surface area contributed by atoms with Crippen molar-refractivity contribution < 1.29 is 9.59 Å². The minimum atomic E-state index is -0.500. The third kappa shape index (κ3) is 4.12. The van der Waals surface area contributed by atoms with Crippen LogP contribution in [0.3, 0.4) is 0 Å². The molecule has 3 rings (SSSR count). The highest BCUT2D eigenvalue weighted by molar-refractivity contribution is 9.10. The van der Waals surface area contributed by atoms with Gasteiger partial charge >= 0.3 is 0 Å². The van der Waals surface area contributed by atoms with Crippen LogP contribution < -0.4 is 5.32 Å². The van der Waals surface area contributed by atoms with Crippen molar-refractivity contribution in [1.82, 2.24) is 15.1 Å². The average Bonchev–Trinajstić information content (AvgIpc) is 3.23. The van der Waals surface area contributed by atoms with Gasteiger partial charge < -0.3 is 4.90 Å². The first-order chi connectivity index (χ1) is 12.3. The molecule has 26 heavy (non-hydrogen) atoms. The molecule has 0 saturated carbocycles. The van der Waals surface area contributed by atoms with Crippen LogP contribution in [-0.2, 0) is 9.59 Å². The number of nitrogens with one attached hydrogen (secondary N) is 1. The molecule has 1 aliphatic rings. The van der Waals surface area contributed by atoms with E-state index in [9.17, 15) is 9.59 Å². The van der Waals surface area contributed by atoms with Crippen molar-refractivity contribution in [3.8, 4) is 10.6 Å². The molecule has 6 nitrogen and oxygen atoms in total. The Labute approximate surface area is 165 Å². The summed E-state index contributed by atoms with van der Waals surface area (Å²) in [6, 6.07) is 7.31. The van der Waals surface area contributed by atoms with Crippen molar-refractivity contribution in [2.45, 2.75) is 39.7 Å². The largest absolute Gasteiger partial charge is 0.330 e. The lowest BCUT2D eigenvalue weighted by molar-refractivity contribution is -0.143. The molecule has 1 saturated heterocycles. The van der Waals surface area contributed by atoms with Gasteiger partial charge in [0.1, 0.15) is 11.0 Å². The van der Waals surface area contributed by atoms with Crippen molar-refractivity contribution in [3.63, 3.8) is 0 Å². The molecule has 0 aliphatic carbocycles. The highest BCUT2D eigenvalue weighted by atomic mass is 79.9. The Kier molecular flexibility index (Phi) is 5.43. The molecule has 1 aromatic carbocycles. The monoisotopic (exact) mass is 436 g/mol. The van der Waals surface area contributed by atoms with Gasteiger partial charge in [-0.05, 0) is 25.0 Å². The highest BCUT2D eigenvalue weighted by Gasteiger charge is 2.38. The summed E-state index contributed by atoms with van der Waals surface area (Å²) in [5, 5.41) is 12.2. The van der Waals surface area contributed by atoms with Crippen LogP contribution >= 0.6 is 27.3 Å². The molecular weight excluding hydrogens is 416 g/mol. The van der Waals surface area contributed by atoms with Crippen LogP contribution in [0.2, 0.25) is 0 Å². The van der Waals surface area contributed by atoms with E-state index in [1.165, 1.54) is 11.3 Å². The first-order valence-electron chi connectivity index (χ1n) is 8.47. The third-order valence-electron chi connectivity index (χ3n) is 4.20. The highest BCUT2D eigenvalue weighted by Crippen LogP contribution is 2.29. The molecule has 1 atom stereocenters. The average molecular weight is 437 g/mol. The first kappa shape index (κ1) is 19.0. The number of anilines is 1. The van der Waals surface area contributed by atoms with E-state index in [-0.39, 0.29) is 11.8 Å². The van der Waals surface area contributed by atoms with E-state index in [1.807, 2.05) is 45.0 Å². The number of hydrogen-bond acceptors (Lipinski definition) is 5. The molecule has 0 spiro atoms. The standard InChI is InChI=1S/C18H21BrN4O2S/c1-18(2,3)16(25)23-10-4-5-13(23)14(24)20-17-22-21-15(26-17)11-6-8-12(19)9-7-11/h6-9,13H,4-5,10H2,1-3H3,(H,20,22,24). The molecule has 1 fully saturated rings. The Balaban J connectivity index is 1.70. The number of rotatable bonds is 3. The Hall–Kier alpha value is -1.80. The van der Waals surface area contributed by atoms with Gasteiger partial charge in [-0.2, -0.15) is 0 Å². The lowest BCUT2D eigenvalue weighted by Crippen LogP contribution is -2.47. The predicted molar refractivity (Wildman–Crippen MR) is 106 cm³/mol. The van der Waals surface area contributed by atoms with E-state index < -0.39 is 11.5 Å². The number of carbonyl (C=O) groups is 2. The zero-order valence-corrected chi connectivity index (χ0v) is 17.4. The summed E-state index contributed by atoms with van der Waals surface area (Å²) >= 11 is 4.72. The van der Waals surface area contributed by atoms with Gasteiger partial charge in [-0.3, -0.25) is 14.9 Å². The Morgan fingerprint density at radius 3 is 2.58 bits per heavy atom. The third-order valence-corrected chi connectivity index (χ3v) is 5.62. The molecule has 1 aromatic heterocycles. The molecule has 2 aromatic rings. The van der Waals surface area contributed by atoms with E-state index in [1.54, 1.807) is 4.90 Å². The van der Waals surface area contributed by atoms with E-state index in [2.05, 4.69) is 31.4 Å². The summed E-state index contributed by atoms with van der Waals surface area (Å²) in [5.41, 5.74) is 0.442. The summed E-state index contributed by atoms with van der Waals surface area (Å²) in [4.78, 5) is 26.9. The maximum absolute atomic E-state index is 12.7. The van der Waals surface area contributed by atoms with Gasteiger partial charge in [0.2, 0.25) is 16.9 Å². The van der Waals surface area contributed by atoms with E-state index in [0.29, 0.717) is 18.1 Å². The summed E-state index contributed by atoms with van der Waals surface area (Å²) in [7, 11) is 0. The van der Waals surface area contributed by atoms with E-state index in [0.717, 1.165) is 21.5 Å². The maximum atomic E-state index is 12.7. The van der Waals surface area contributed by atoms with Gasteiger partial charge in [-0.1, -0.05) is 60.2 Å². The second-order valence-electron chi connectivity index (χ2n) is 7.32. The molecular formula is C18H21BrN4O2S. The van der Waals surface area contributed by atoms with Gasteiger partial charge in [0, 0.05) is 22.0 Å². The second-order valence-corrected chi connectivity index (χ2v) is 9.21. The number of aromatic nitrogens is 2. The quantitative estimate of drug-likeness (QED) is 0.789. The number of benzene rings is 1. The number of hydrogen-bond donors (Lipinski definition) is 1. The number of carbonyl (C=O) groups excluding carboxylic acids is 2. The maximum Gasteiger partial charge on any atom is 0.249 e. The number of amides is 2. The molecule has 2 amide bonds. The van der Waals surface area contributed by atoms with Gasteiger partial charge in [-0.15, -0.1) is 10.2 Å². The first-order valence-corrected chi connectivity index (χ1v) is 10.1. The predicted octanol–water partition coefficient (Wildman–Crippen LogP) is 3.94. The Morgan fingerprint density at radius 2 is 1.92 bits per heavy atom. The van der Waals surface area contributed by atoms with Crippen LogP contribution in [0, 0.1) is 5.41 Å². The molecule has 0 bridgehead atoms. The van der Waals surface area contributed by atoms with Crippen LogP contribution in [-0.4, -0.2) is 39.5 Å². The smallest absolute Gasteiger partial charge is 0.249 e. The van der Waals surface area contributed by atoms with Crippen LogP contribution in [0.5, 0.6) is 0 Å². The molecule has 0 radical (unpaired) electrons. The Morgan fingerprint density at radius 1 is 1.23 bits per heavy atom. The van der Waals surface area contributed by atoms with Crippen molar-refractivity contribution in [1.29, 1.82) is 0 Å². The van der Waals surface area contributed by atoms with Gasteiger partial charge in [0.15, 0.2) is 0 Å². The van der Waals surface area contributed by atoms with Crippen LogP contribution in [0.1, 0.15) is 33.6 Å². The van der Waals surface area contributed by atoms with Gasteiger partial charge in [0.25, 0.3) is 0 Å². The number of nitrogens with zero attached hydrogens (tertiary/aromatic N) is 3. The van der Waals surface area contributed by atoms with Crippen molar-refractivity contribution in [2.24, 2.45) is 5.41 Å². The molecule has 1 N–H and O–H groups in total. The van der Waals surface area contributed by atoms with Crippen molar-refractivity contribution in [2.75, 3.05) is 11.9 Å². The van der Waals surface area contributed by atoms with Gasteiger partial charge in [0.05, 0.1) is 0 Å². The van der Waals surface area contributed by atoms with Crippen LogP contribution in [0.4, 0.5) is 5.13 Å². The number of likely N-dealkylation sites (tertiary alicyclic amines) is 1. The van der Waals surface area contributed by atoms with E-state index >= 15 is 0 Å². The topological polar surface area (TPSA) is 75.2 Å². The number of halogens is 1. The summed E-state index contributed by atoms with van der Waals surface area (Å²) in [5.74, 6) is -0.193. The normalized spacial score (nSPS) is 17.4. The van der Waals surface area contributed by atoms with Crippen molar-refractivity contribution >= 4 is 44.2 Å². The summed E-state index contributed by atoms with van der Waals surface area (Å²) in [6.07, 6.45) is 1.51. The zero-order chi connectivity index (χ0) is 18.9.